The van der Waals surface area contributed by atoms with Gasteiger partial charge in [0.1, 0.15) is 0 Å². The molecule has 2 nitrogen and oxygen atoms in total. The van der Waals surface area contributed by atoms with Crippen molar-refractivity contribution in [3.63, 3.8) is 0 Å². The Morgan fingerprint density at radius 1 is 0.810 bits per heavy atom. The highest BCUT2D eigenvalue weighted by molar-refractivity contribution is 4.69. The third kappa shape index (κ3) is 16.1. The van der Waals surface area contributed by atoms with Gasteiger partial charge in [-0.1, -0.05) is 65.2 Å². The summed E-state index contributed by atoms with van der Waals surface area (Å²) in [6, 6.07) is 0.532. The Bertz CT molecular complexity index is 210. The van der Waals surface area contributed by atoms with Gasteiger partial charge in [0.15, 0.2) is 0 Å². The largest absolute Gasteiger partial charge is 0.374 e. The van der Waals surface area contributed by atoms with E-state index in [2.05, 4.69) is 39.9 Å². The minimum atomic E-state index is -0.0224. The van der Waals surface area contributed by atoms with E-state index >= 15 is 0 Å². The maximum Gasteiger partial charge on any atom is 0.0626 e. The Hall–Kier alpha value is -0.0800. The molecule has 128 valence electrons. The van der Waals surface area contributed by atoms with E-state index in [4.69, 9.17) is 4.74 Å². The van der Waals surface area contributed by atoms with Crippen molar-refractivity contribution < 1.29 is 4.74 Å². The highest BCUT2D eigenvalue weighted by Crippen LogP contribution is 2.13. The van der Waals surface area contributed by atoms with Crippen LogP contribution in [0.25, 0.3) is 0 Å². The zero-order valence-electron chi connectivity index (χ0n) is 15.5. The van der Waals surface area contributed by atoms with Gasteiger partial charge in [0.2, 0.25) is 0 Å². The number of rotatable bonds is 14. The van der Waals surface area contributed by atoms with Crippen molar-refractivity contribution in [2.24, 2.45) is 0 Å². The van der Waals surface area contributed by atoms with Gasteiger partial charge in [-0.05, 0) is 40.2 Å². The van der Waals surface area contributed by atoms with Crippen LogP contribution in [-0.4, -0.2) is 24.8 Å². The predicted octanol–water partition coefficient (Wildman–Crippen LogP) is 5.70. The van der Waals surface area contributed by atoms with Crippen molar-refractivity contribution in [3.05, 3.63) is 0 Å². The van der Waals surface area contributed by atoms with Crippen molar-refractivity contribution in [1.82, 2.24) is 5.32 Å². The average molecular weight is 300 g/mol. The first-order chi connectivity index (χ1) is 9.99. The molecule has 0 aliphatic heterocycles. The van der Waals surface area contributed by atoms with Crippen molar-refractivity contribution in [1.29, 1.82) is 0 Å². The minimum Gasteiger partial charge on any atom is -0.374 e. The standard InChI is InChI=1S/C19H41NO/c1-6-8-9-10-11-12-13-14-15-18(20-16-7-2)17-21-19(3,4)5/h18,20H,6-17H2,1-5H3. The summed E-state index contributed by atoms with van der Waals surface area (Å²) in [5.41, 5.74) is -0.0224. The first-order valence-electron chi connectivity index (χ1n) is 9.37. The smallest absolute Gasteiger partial charge is 0.0626 e. The summed E-state index contributed by atoms with van der Waals surface area (Å²) >= 11 is 0. The van der Waals surface area contributed by atoms with Crippen molar-refractivity contribution in [2.45, 2.75) is 110 Å². The molecule has 0 aromatic carbocycles. The van der Waals surface area contributed by atoms with E-state index in [1.165, 1.54) is 64.2 Å². The van der Waals surface area contributed by atoms with Crippen LogP contribution in [0.3, 0.4) is 0 Å². The van der Waals surface area contributed by atoms with Gasteiger partial charge in [-0.3, -0.25) is 0 Å². The fraction of sp³-hybridized carbons (Fsp3) is 1.00. The van der Waals surface area contributed by atoms with E-state index in [0.717, 1.165) is 13.2 Å². The number of hydrogen-bond acceptors (Lipinski definition) is 2. The molecule has 0 amide bonds. The van der Waals surface area contributed by atoms with Crippen LogP contribution in [0, 0.1) is 0 Å². The number of nitrogens with one attached hydrogen (secondary N) is 1. The molecule has 0 aromatic rings. The van der Waals surface area contributed by atoms with E-state index < -0.39 is 0 Å². The van der Waals surface area contributed by atoms with Gasteiger partial charge < -0.3 is 10.1 Å². The zero-order chi connectivity index (χ0) is 16.0. The fourth-order valence-electron chi connectivity index (χ4n) is 2.47. The molecule has 0 aliphatic carbocycles. The van der Waals surface area contributed by atoms with E-state index in [1.54, 1.807) is 0 Å². The molecule has 1 N–H and O–H groups in total. The van der Waals surface area contributed by atoms with Crippen LogP contribution >= 0.6 is 0 Å². The zero-order valence-corrected chi connectivity index (χ0v) is 15.5. The van der Waals surface area contributed by atoms with Gasteiger partial charge in [0.05, 0.1) is 12.2 Å². The molecule has 0 saturated heterocycles. The van der Waals surface area contributed by atoms with E-state index in [9.17, 15) is 0 Å². The molecule has 2 heteroatoms. The van der Waals surface area contributed by atoms with E-state index in [-0.39, 0.29) is 5.60 Å². The van der Waals surface area contributed by atoms with Gasteiger partial charge in [0, 0.05) is 6.04 Å². The summed E-state index contributed by atoms with van der Waals surface area (Å²) < 4.78 is 5.95. The van der Waals surface area contributed by atoms with Crippen LogP contribution in [0.1, 0.15) is 98.8 Å². The number of hydrogen-bond donors (Lipinski definition) is 1. The first kappa shape index (κ1) is 20.9. The van der Waals surface area contributed by atoms with Crippen LogP contribution in [0.15, 0.2) is 0 Å². The lowest BCUT2D eigenvalue weighted by Gasteiger charge is -2.25. The summed E-state index contributed by atoms with van der Waals surface area (Å²) in [6.07, 6.45) is 13.6. The third-order valence-corrected chi connectivity index (χ3v) is 3.81. The lowest BCUT2D eigenvalue weighted by molar-refractivity contribution is -0.0156. The quantitative estimate of drug-likeness (QED) is 0.415. The second-order valence-electron chi connectivity index (χ2n) is 7.34. The molecule has 0 rings (SSSR count). The molecule has 0 bridgehead atoms. The molecule has 1 unspecified atom stereocenters. The first-order valence-corrected chi connectivity index (χ1v) is 9.37. The molecule has 0 heterocycles. The van der Waals surface area contributed by atoms with Crippen LogP contribution < -0.4 is 5.32 Å². The molecule has 0 radical (unpaired) electrons. The molecule has 0 saturated carbocycles. The second kappa shape index (κ2) is 13.6. The lowest BCUT2D eigenvalue weighted by atomic mass is 10.0. The van der Waals surface area contributed by atoms with Crippen LogP contribution in [0.2, 0.25) is 0 Å². The molecule has 21 heavy (non-hydrogen) atoms. The molecule has 1 atom stereocenters. The summed E-state index contributed by atoms with van der Waals surface area (Å²) in [4.78, 5) is 0. The topological polar surface area (TPSA) is 21.3 Å². The Balaban J connectivity index is 3.65. The third-order valence-electron chi connectivity index (χ3n) is 3.81. The van der Waals surface area contributed by atoms with E-state index in [0.29, 0.717) is 6.04 Å². The summed E-state index contributed by atoms with van der Waals surface area (Å²) in [6.45, 7) is 12.9. The van der Waals surface area contributed by atoms with Gasteiger partial charge >= 0.3 is 0 Å². The summed E-state index contributed by atoms with van der Waals surface area (Å²) in [7, 11) is 0. The van der Waals surface area contributed by atoms with Crippen molar-refractivity contribution in [2.75, 3.05) is 13.2 Å². The van der Waals surface area contributed by atoms with Crippen LogP contribution in [-0.2, 0) is 4.74 Å². The molecule has 0 spiro atoms. The Morgan fingerprint density at radius 3 is 1.90 bits per heavy atom. The van der Waals surface area contributed by atoms with Gasteiger partial charge in [-0.15, -0.1) is 0 Å². The lowest BCUT2D eigenvalue weighted by Crippen LogP contribution is -2.37. The Labute approximate surface area is 134 Å². The SMILES string of the molecule is CCCCCCCCCCC(COC(C)(C)C)NCCC. The monoisotopic (exact) mass is 299 g/mol. The highest BCUT2D eigenvalue weighted by Gasteiger charge is 2.14. The molecular weight excluding hydrogens is 258 g/mol. The van der Waals surface area contributed by atoms with Gasteiger partial charge in [-0.2, -0.15) is 0 Å². The second-order valence-corrected chi connectivity index (χ2v) is 7.34. The predicted molar refractivity (Wildman–Crippen MR) is 95.0 cm³/mol. The maximum atomic E-state index is 5.95. The number of unbranched alkanes of at least 4 members (excludes halogenated alkanes) is 7. The van der Waals surface area contributed by atoms with Gasteiger partial charge in [0.25, 0.3) is 0 Å². The summed E-state index contributed by atoms with van der Waals surface area (Å²) in [5, 5.41) is 3.64. The molecule has 0 fully saturated rings. The Kier molecular flexibility index (Phi) is 13.5. The van der Waals surface area contributed by atoms with Crippen molar-refractivity contribution >= 4 is 0 Å². The maximum absolute atomic E-state index is 5.95. The summed E-state index contributed by atoms with van der Waals surface area (Å²) in [5.74, 6) is 0. The van der Waals surface area contributed by atoms with Crippen molar-refractivity contribution in [3.8, 4) is 0 Å². The normalized spacial score (nSPS) is 13.6. The van der Waals surface area contributed by atoms with Crippen LogP contribution in [0.4, 0.5) is 0 Å². The molecule has 0 aromatic heterocycles. The molecule has 0 aliphatic rings. The van der Waals surface area contributed by atoms with Crippen LogP contribution in [0.5, 0.6) is 0 Å². The van der Waals surface area contributed by atoms with E-state index in [1.807, 2.05) is 0 Å². The van der Waals surface area contributed by atoms with Gasteiger partial charge in [-0.25, -0.2) is 0 Å². The highest BCUT2D eigenvalue weighted by atomic mass is 16.5. The number of ether oxygens (including phenoxy) is 1. The molecular formula is C19H41NO. The fourth-order valence-corrected chi connectivity index (χ4v) is 2.47. The minimum absolute atomic E-state index is 0.0224. The Morgan fingerprint density at radius 2 is 1.38 bits per heavy atom. The average Bonchev–Trinajstić information content (AvgIpc) is 2.42.